The molecule has 1 aliphatic rings. The van der Waals surface area contributed by atoms with Crippen molar-refractivity contribution < 1.29 is 19.1 Å². The number of methoxy groups -OCH3 is 1. The van der Waals surface area contributed by atoms with Gasteiger partial charge < -0.3 is 14.8 Å². The fourth-order valence-corrected chi connectivity index (χ4v) is 2.07. The molecule has 3 atom stereocenters. The molecule has 1 saturated heterocycles. The molecule has 1 N–H and O–H groups in total. The average molecular weight is 259 g/mol. The first-order valence-electron chi connectivity index (χ1n) is 6.51. The van der Waals surface area contributed by atoms with Gasteiger partial charge in [0.2, 0.25) is 0 Å². The molecular formula is C13H25NO4. The number of Topliss-reactive ketones (excluding diaryl/α,β-unsaturated/α-hetero) is 1. The molecule has 0 saturated carbocycles. The number of nitrogens with one attached hydrogen (secondary N) is 1. The van der Waals surface area contributed by atoms with Crippen LogP contribution in [0.3, 0.4) is 0 Å². The lowest BCUT2D eigenvalue weighted by molar-refractivity contribution is -0.121. The second-order valence-electron chi connectivity index (χ2n) is 4.19. The van der Waals surface area contributed by atoms with Crippen LogP contribution in [0.4, 0.5) is 4.79 Å². The van der Waals surface area contributed by atoms with Crippen molar-refractivity contribution in [3.8, 4) is 0 Å². The molecule has 0 aromatic carbocycles. The minimum atomic E-state index is -0.556. The highest BCUT2D eigenvalue weighted by Gasteiger charge is 2.31. The third-order valence-electron chi connectivity index (χ3n) is 2.89. The predicted molar refractivity (Wildman–Crippen MR) is 69.5 cm³/mol. The Morgan fingerprint density at radius 3 is 2.44 bits per heavy atom. The quantitative estimate of drug-likeness (QED) is 0.843. The minimum absolute atomic E-state index is 0.0375. The Bertz CT molecular complexity index is 268. The number of ether oxygens (including phenoxy) is 2. The van der Waals surface area contributed by atoms with Crippen LogP contribution in [0.25, 0.3) is 0 Å². The highest BCUT2D eigenvalue weighted by atomic mass is 16.5. The van der Waals surface area contributed by atoms with Crippen molar-refractivity contribution in [1.29, 1.82) is 0 Å². The van der Waals surface area contributed by atoms with Crippen molar-refractivity contribution in [2.75, 3.05) is 13.7 Å². The zero-order valence-electron chi connectivity index (χ0n) is 12.0. The maximum atomic E-state index is 11.5. The monoisotopic (exact) mass is 259 g/mol. The molecule has 1 aliphatic heterocycles. The highest BCUT2D eigenvalue weighted by Crippen LogP contribution is 2.23. The van der Waals surface area contributed by atoms with E-state index in [0.717, 1.165) is 12.8 Å². The summed E-state index contributed by atoms with van der Waals surface area (Å²) < 4.78 is 9.93. The van der Waals surface area contributed by atoms with Crippen LogP contribution in [0.1, 0.15) is 40.5 Å². The summed E-state index contributed by atoms with van der Waals surface area (Å²) in [5.41, 5.74) is 0. The van der Waals surface area contributed by atoms with E-state index in [4.69, 9.17) is 4.74 Å². The molecule has 0 radical (unpaired) electrons. The van der Waals surface area contributed by atoms with Gasteiger partial charge in [-0.15, -0.1) is 0 Å². The Kier molecular flexibility index (Phi) is 8.37. The summed E-state index contributed by atoms with van der Waals surface area (Å²) in [4.78, 5) is 22.6. The average Bonchev–Trinajstić information content (AvgIpc) is 2.37. The third-order valence-corrected chi connectivity index (χ3v) is 2.89. The smallest absolute Gasteiger partial charge is 0.407 e. The Labute approximate surface area is 109 Å². The number of rotatable bonds is 3. The number of ketones is 1. The van der Waals surface area contributed by atoms with Gasteiger partial charge in [-0.05, 0) is 32.6 Å². The van der Waals surface area contributed by atoms with Gasteiger partial charge in [-0.2, -0.15) is 0 Å². The summed E-state index contributed by atoms with van der Waals surface area (Å²) in [6.45, 7) is 8.10. The highest BCUT2D eigenvalue weighted by molar-refractivity contribution is 5.85. The Morgan fingerprint density at radius 2 is 2.00 bits per heavy atom. The molecule has 0 aromatic heterocycles. The molecule has 0 spiro atoms. The number of carbonyl (C=O) groups is 2. The van der Waals surface area contributed by atoms with Crippen LogP contribution >= 0.6 is 0 Å². The second kappa shape index (κ2) is 8.91. The van der Waals surface area contributed by atoms with Crippen molar-refractivity contribution >= 4 is 11.9 Å². The molecule has 5 heteroatoms. The molecule has 1 heterocycles. The van der Waals surface area contributed by atoms with Gasteiger partial charge in [-0.3, -0.25) is 4.79 Å². The van der Waals surface area contributed by atoms with Gasteiger partial charge in [0.25, 0.3) is 0 Å². The first kappa shape index (κ1) is 16.9. The minimum Gasteiger partial charge on any atom is -0.453 e. The SMILES string of the molecule is CC.COC(=O)NC(C(C)=O)C1CCOC(C)C1. The van der Waals surface area contributed by atoms with E-state index in [1.807, 2.05) is 20.8 Å². The van der Waals surface area contributed by atoms with Gasteiger partial charge in [-0.1, -0.05) is 13.8 Å². The van der Waals surface area contributed by atoms with E-state index >= 15 is 0 Å². The van der Waals surface area contributed by atoms with E-state index in [1.165, 1.54) is 14.0 Å². The van der Waals surface area contributed by atoms with E-state index in [2.05, 4.69) is 10.1 Å². The molecule has 1 fully saturated rings. The summed E-state index contributed by atoms with van der Waals surface area (Å²) in [6, 6.07) is -0.459. The second-order valence-corrected chi connectivity index (χ2v) is 4.19. The van der Waals surface area contributed by atoms with Crippen LogP contribution in [-0.4, -0.2) is 37.7 Å². The summed E-state index contributed by atoms with van der Waals surface area (Å²) in [5.74, 6) is 0.102. The molecule has 1 amide bonds. The zero-order chi connectivity index (χ0) is 14.1. The number of alkyl carbamates (subject to hydrolysis) is 1. The lowest BCUT2D eigenvalue weighted by Crippen LogP contribution is -2.47. The summed E-state index contributed by atoms with van der Waals surface area (Å²) in [7, 11) is 1.29. The van der Waals surface area contributed by atoms with Gasteiger partial charge >= 0.3 is 6.09 Å². The largest absolute Gasteiger partial charge is 0.453 e. The standard InChI is InChI=1S/C11H19NO4.C2H6/c1-7-6-9(4-5-16-7)10(8(2)13)12-11(14)15-3;1-2/h7,9-10H,4-6H2,1-3H3,(H,12,14);1-2H3. The first-order valence-corrected chi connectivity index (χ1v) is 6.51. The maximum Gasteiger partial charge on any atom is 0.407 e. The van der Waals surface area contributed by atoms with Gasteiger partial charge in [-0.25, -0.2) is 4.79 Å². The fourth-order valence-electron chi connectivity index (χ4n) is 2.07. The van der Waals surface area contributed by atoms with Crippen molar-refractivity contribution in [2.24, 2.45) is 5.92 Å². The van der Waals surface area contributed by atoms with Crippen molar-refractivity contribution in [3.63, 3.8) is 0 Å². The van der Waals surface area contributed by atoms with Crippen LogP contribution < -0.4 is 5.32 Å². The molecule has 18 heavy (non-hydrogen) atoms. The number of amides is 1. The molecule has 5 nitrogen and oxygen atoms in total. The normalized spacial score (nSPS) is 24.3. The Balaban J connectivity index is 0.00000137. The molecular weight excluding hydrogens is 234 g/mol. The van der Waals surface area contributed by atoms with Gasteiger partial charge in [0.15, 0.2) is 5.78 Å². The van der Waals surface area contributed by atoms with Crippen LogP contribution in [0.5, 0.6) is 0 Å². The lowest BCUT2D eigenvalue weighted by Gasteiger charge is -2.32. The van der Waals surface area contributed by atoms with Crippen molar-refractivity contribution in [1.82, 2.24) is 5.32 Å². The summed E-state index contributed by atoms with van der Waals surface area (Å²) in [6.07, 6.45) is 1.16. The predicted octanol–water partition coefficient (Wildman–Crippen LogP) is 2.14. The molecule has 3 unspecified atom stereocenters. The first-order chi connectivity index (χ1) is 8.54. The van der Waals surface area contributed by atoms with E-state index in [0.29, 0.717) is 6.61 Å². The Morgan fingerprint density at radius 1 is 1.39 bits per heavy atom. The number of hydrogen-bond donors (Lipinski definition) is 1. The molecule has 106 valence electrons. The lowest BCUT2D eigenvalue weighted by atomic mass is 9.87. The van der Waals surface area contributed by atoms with Crippen LogP contribution in [-0.2, 0) is 14.3 Å². The number of hydrogen-bond acceptors (Lipinski definition) is 4. The van der Waals surface area contributed by atoms with Gasteiger partial charge in [0, 0.05) is 6.61 Å². The molecule has 0 aliphatic carbocycles. The topological polar surface area (TPSA) is 64.6 Å². The van der Waals surface area contributed by atoms with Crippen LogP contribution in [0, 0.1) is 5.92 Å². The molecule has 1 rings (SSSR count). The van der Waals surface area contributed by atoms with E-state index < -0.39 is 12.1 Å². The van der Waals surface area contributed by atoms with Gasteiger partial charge in [0.1, 0.15) is 0 Å². The van der Waals surface area contributed by atoms with Crippen LogP contribution in [0.15, 0.2) is 0 Å². The maximum absolute atomic E-state index is 11.5. The van der Waals surface area contributed by atoms with Crippen LogP contribution in [0.2, 0.25) is 0 Å². The van der Waals surface area contributed by atoms with Gasteiger partial charge in [0.05, 0.1) is 19.3 Å². The Hall–Kier alpha value is -1.10. The van der Waals surface area contributed by atoms with E-state index in [-0.39, 0.29) is 17.8 Å². The van der Waals surface area contributed by atoms with Crippen molar-refractivity contribution in [3.05, 3.63) is 0 Å². The van der Waals surface area contributed by atoms with Crippen molar-refractivity contribution in [2.45, 2.75) is 52.7 Å². The zero-order valence-corrected chi connectivity index (χ0v) is 12.0. The number of carbonyl (C=O) groups excluding carboxylic acids is 2. The van der Waals surface area contributed by atoms with E-state index in [9.17, 15) is 9.59 Å². The molecule has 0 bridgehead atoms. The summed E-state index contributed by atoms with van der Waals surface area (Å²) in [5, 5.41) is 2.59. The third kappa shape index (κ3) is 5.49. The summed E-state index contributed by atoms with van der Waals surface area (Å²) >= 11 is 0. The molecule has 0 aromatic rings. The fraction of sp³-hybridized carbons (Fsp3) is 0.846. The van der Waals surface area contributed by atoms with E-state index in [1.54, 1.807) is 0 Å².